The first kappa shape index (κ1) is 12.5. The molecular formula is C11H23NO3Si. The first-order chi connectivity index (χ1) is 7.61. The van der Waals surface area contributed by atoms with E-state index in [0.717, 1.165) is 32.7 Å². The van der Waals surface area contributed by atoms with Crippen LogP contribution in [0.4, 0.5) is 0 Å². The molecule has 0 amide bonds. The van der Waals surface area contributed by atoms with Crippen LogP contribution in [0.2, 0.25) is 6.55 Å². The van der Waals surface area contributed by atoms with Crippen molar-refractivity contribution in [1.82, 2.24) is 4.90 Å². The van der Waals surface area contributed by atoms with Crippen molar-refractivity contribution < 1.29 is 13.6 Å². The van der Waals surface area contributed by atoms with Crippen molar-refractivity contribution in [3.63, 3.8) is 0 Å². The lowest BCUT2D eigenvalue weighted by Gasteiger charge is -2.37. The van der Waals surface area contributed by atoms with Gasteiger partial charge in [0, 0.05) is 19.2 Å². The fourth-order valence-corrected chi connectivity index (χ4v) is 4.96. The van der Waals surface area contributed by atoms with Gasteiger partial charge in [0.05, 0.1) is 18.9 Å². The van der Waals surface area contributed by atoms with E-state index in [1.54, 1.807) is 0 Å². The number of hydrogen-bond donors (Lipinski definition) is 0. The summed E-state index contributed by atoms with van der Waals surface area (Å²) in [5.74, 6) is 0. The Kier molecular flexibility index (Phi) is 4.02. The van der Waals surface area contributed by atoms with Crippen molar-refractivity contribution in [2.75, 3.05) is 32.5 Å². The van der Waals surface area contributed by atoms with E-state index in [1.807, 2.05) is 0 Å². The van der Waals surface area contributed by atoms with Gasteiger partial charge in [-0.25, -0.2) is 0 Å². The summed E-state index contributed by atoms with van der Waals surface area (Å²) < 4.78 is 17.9. The van der Waals surface area contributed by atoms with E-state index in [1.165, 1.54) is 0 Å². The zero-order chi connectivity index (χ0) is 11.6. The zero-order valence-electron chi connectivity index (χ0n) is 10.6. The van der Waals surface area contributed by atoms with Crippen molar-refractivity contribution in [3.05, 3.63) is 0 Å². The SMILES string of the molecule is CCN1CCC(C)O[Si]2(C)COCC(C1)O2. The Morgan fingerprint density at radius 2 is 2.19 bits per heavy atom. The third-order valence-corrected chi connectivity index (χ3v) is 5.76. The molecule has 0 aromatic heterocycles. The Bertz CT molecular complexity index is 241. The van der Waals surface area contributed by atoms with Gasteiger partial charge in [0.2, 0.25) is 0 Å². The molecule has 4 nitrogen and oxygen atoms in total. The molecule has 3 unspecified atom stereocenters. The van der Waals surface area contributed by atoms with E-state index in [4.69, 9.17) is 13.6 Å². The standard InChI is InChI=1S/C11H23NO3Si/c1-4-12-6-5-10(2)14-16(3)9-13-8-11(7-12)15-16/h10-11H,4-9H2,1-3H3. The highest BCUT2D eigenvalue weighted by atomic mass is 28.4. The minimum Gasteiger partial charge on any atom is -0.390 e. The molecule has 2 bridgehead atoms. The minimum absolute atomic E-state index is 0.204. The molecule has 0 N–H and O–H groups in total. The highest BCUT2D eigenvalue weighted by Crippen LogP contribution is 2.22. The lowest BCUT2D eigenvalue weighted by molar-refractivity contribution is -0.0286. The average molecular weight is 245 g/mol. The Labute approximate surface area is 99.1 Å². The van der Waals surface area contributed by atoms with Crippen molar-refractivity contribution in [1.29, 1.82) is 0 Å². The molecule has 2 aliphatic rings. The molecule has 5 heteroatoms. The third kappa shape index (κ3) is 3.04. The number of likely N-dealkylation sites (N-methyl/N-ethyl adjacent to an activating group) is 1. The number of nitrogens with zero attached hydrogens (tertiary/aromatic N) is 1. The van der Waals surface area contributed by atoms with E-state index >= 15 is 0 Å². The van der Waals surface area contributed by atoms with Crippen LogP contribution in [-0.2, 0) is 13.6 Å². The van der Waals surface area contributed by atoms with Gasteiger partial charge in [-0.1, -0.05) is 6.92 Å². The second-order valence-electron chi connectivity index (χ2n) is 5.00. The quantitative estimate of drug-likeness (QED) is 0.648. The van der Waals surface area contributed by atoms with Gasteiger partial charge in [-0.2, -0.15) is 0 Å². The van der Waals surface area contributed by atoms with Crippen LogP contribution in [0, 0.1) is 0 Å². The molecule has 2 rings (SSSR count). The summed E-state index contributed by atoms with van der Waals surface area (Å²) in [7, 11) is -2.06. The molecular weight excluding hydrogens is 222 g/mol. The van der Waals surface area contributed by atoms with Crippen LogP contribution in [0.1, 0.15) is 20.3 Å². The molecule has 2 fully saturated rings. The van der Waals surface area contributed by atoms with Crippen molar-refractivity contribution in [3.8, 4) is 0 Å². The van der Waals surface area contributed by atoms with Crippen LogP contribution in [0.5, 0.6) is 0 Å². The van der Waals surface area contributed by atoms with E-state index < -0.39 is 8.56 Å². The van der Waals surface area contributed by atoms with Crippen LogP contribution in [-0.4, -0.2) is 58.1 Å². The van der Waals surface area contributed by atoms with Gasteiger partial charge < -0.3 is 18.5 Å². The molecule has 0 radical (unpaired) electrons. The van der Waals surface area contributed by atoms with Crippen LogP contribution in [0.15, 0.2) is 0 Å². The summed E-state index contributed by atoms with van der Waals surface area (Å²) in [5, 5.41) is 0. The Morgan fingerprint density at radius 3 is 2.94 bits per heavy atom. The fourth-order valence-electron chi connectivity index (χ4n) is 2.46. The van der Waals surface area contributed by atoms with Crippen LogP contribution >= 0.6 is 0 Å². The highest BCUT2D eigenvalue weighted by molar-refractivity contribution is 6.66. The number of rotatable bonds is 1. The minimum atomic E-state index is -2.06. The first-order valence-corrected chi connectivity index (χ1v) is 8.79. The smallest absolute Gasteiger partial charge is 0.362 e. The van der Waals surface area contributed by atoms with Crippen molar-refractivity contribution in [2.24, 2.45) is 0 Å². The Morgan fingerprint density at radius 1 is 1.38 bits per heavy atom. The van der Waals surface area contributed by atoms with E-state index in [9.17, 15) is 0 Å². The van der Waals surface area contributed by atoms with Crippen molar-refractivity contribution in [2.45, 2.75) is 39.0 Å². The van der Waals surface area contributed by atoms with Crippen LogP contribution in [0.3, 0.4) is 0 Å². The van der Waals surface area contributed by atoms with Gasteiger partial charge in [-0.15, -0.1) is 0 Å². The summed E-state index contributed by atoms with van der Waals surface area (Å²) in [5.41, 5.74) is 0. The lowest BCUT2D eigenvalue weighted by atomic mass is 10.2. The zero-order valence-corrected chi connectivity index (χ0v) is 11.6. The second-order valence-corrected chi connectivity index (χ2v) is 8.03. The fraction of sp³-hybridized carbons (Fsp3) is 1.00. The van der Waals surface area contributed by atoms with Gasteiger partial charge in [-0.05, 0) is 26.4 Å². The normalized spacial score (nSPS) is 42.2. The average Bonchev–Trinajstić information content (AvgIpc) is 2.26. The molecule has 94 valence electrons. The van der Waals surface area contributed by atoms with E-state index in [2.05, 4.69) is 25.3 Å². The Hall–Kier alpha value is 0.0569. The maximum Gasteiger partial charge on any atom is 0.362 e. The molecule has 0 aromatic rings. The maximum absolute atomic E-state index is 6.15. The summed E-state index contributed by atoms with van der Waals surface area (Å²) >= 11 is 0. The van der Waals surface area contributed by atoms with E-state index in [0.29, 0.717) is 6.23 Å². The van der Waals surface area contributed by atoms with Gasteiger partial charge in [0.15, 0.2) is 0 Å². The summed E-state index contributed by atoms with van der Waals surface area (Å²) in [6, 6.07) is 0. The van der Waals surface area contributed by atoms with Gasteiger partial charge >= 0.3 is 8.56 Å². The maximum atomic E-state index is 6.15. The number of fused-ring (bicyclic) bond motifs is 2. The summed E-state index contributed by atoms with van der Waals surface area (Å²) in [6.07, 6.45) is 2.26. The Balaban J connectivity index is 2.07. The third-order valence-electron chi connectivity index (χ3n) is 3.30. The molecule has 0 spiro atoms. The molecule has 2 saturated heterocycles. The highest BCUT2D eigenvalue weighted by Gasteiger charge is 2.41. The van der Waals surface area contributed by atoms with Crippen molar-refractivity contribution >= 4 is 8.56 Å². The molecule has 2 heterocycles. The second kappa shape index (κ2) is 5.14. The summed E-state index contributed by atoms with van der Waals surface area (Å²) in [4.78, 5) is 2.43. The lowest BCUT2D eigenvalue weighted by Crippen LogP contribution is -2.55. The largest absolute Gasteiger partial charge is 0.390 e. The monoisotopic (exact) mass is 245 g/mol. The number of hydrogen-bond acceptors (Lipinski definition) is 4. The molecule has 3 atom stereocenters. The van der Waals surface area contributed by atoms with E-state index in [-0.39, 0.29) is 12.2 Å². The van der Waals surface area contributed by atoms with Gasteiger partial charge in [-0.3, -0.25) is 0 Å². The topological polar surface area (TPSA) is 30.9 Å². The molecule has 2 aliphatic heterocycles. The molecule has 0 aliphatic carbocycles. The first-order valence-electron chi connectivity index (χ1n) is 6.27. The molecule has 0 aromatic carbocycles. The predicted molar refractivity (Wildman–Crippen MR) is 64.6 cm³/mol. The van der Waals surface area contributed by atoms with Gasteiger partial charge in [0.25, 0.3) is 0 Å². The van der Waals surface area contributed by atoms with Crippen LogP contribution in [0.25, 0.3) is 0 Å². The molecule has 0 saturated carbocycles. The molecule has 16 heavy (non-hydrogen) atoms. The summed E-state index contributed by atoms with van der Waals surface area (Å²) in [6.45, 7) is 10.3. The van der Waals surface area contributed by atoms with Gasteiger partial charge in [0.1, 0.15) is 0 Å². The predicted octanol–water partition coefficient (Wildman–Crippen LogP) is 1.14. The number of ether oxygens (including phenoxy) is 1. The van der Waals surface area contributed by atoms with Crippen LogP contribution < -0.4 is 0 Å².